The van der Waals surface area contributed by atoms with Crippen LogP contribution in [0.4, 0.5) is 0 Å². The maximum absolute atomic E-state index is 9.81. The highest BCUT2D eigenvalue weighted by molar-refractivity contribution is 5.06. The molecule has 0 saturated carbocycles. The summed E-state index contributed by atoms with van der Waals surface area (Å²) in [5.41, 5.74) is -1.19. The number of rotatable bonds is 3. The second kappa shape index (κ2) is 4.15. The summed E-state index contributed by atoms with van der Waals surface area (Å²) >= 11 is 0. The van der Waals surface area contributed by atoms with Crippen LogP contribution >= 0.6 is 0 Å². The van der Waals surface area contributed by atoms with Crippen molar-refractivity contribution in [2.24, 2.45) is 0 Å². The van der Waals surface area contributed by atoms with Gasteiger partial charge in [0.2, 0.25) is 0 Å². The standard InChI is InChI=1S/C11H20O6/c1-6(13)11(5-12)8(14-4)7-9(17-11)16-10(2,3)15-7/h6-9,12-13H,5H2,1-4H3/t6-,7+,8-,9-,11+/m0/s1. The summed E-state index contributed by atoms with van der Waals surface area (Å²) in [6.07, 6.45) is -2.54. The number of hydrogen-bond donors (Lipinski definition) is 2. The fourth-order valence-corrected chi connectivity index (χ4v) is 2.54. The van der Waals surface area contributed by atoms with Gasteiger partial charge < -0.3 is 29.2 Å². The van der Waals surface area contributed by atoms with Crippen molar-refractivity contribution in [1.82, 2.24) is 0 Å². The molecule has 2 aliphatic heterocycles. The summed E-state index contributed by atoms with van der Waals surface area (Å²) in [4.78, 5) is 0. The number of aliphatic hydroxyl groups excluding tert-OH is 2. The van der Waals surface area contributed by atoms with Crippen LogP contribution in [0.5, 0.6) is 0 Å². The molecule has 100 valence electrons. The van der Waals surface area contributed by atoms with Crippen molar-refractivity contribution in [3.8, 4) is 0 Å². The van der Waals surface area contributed by atoms with E-state index < -0.39 is 36.0 Å². The second-order valence-electron chi connectivity index (χ2n) is 5.03. The fourth-order valence-electron chi connectivity index (χ4n) is 2.54. The number of ether oxygens (including phenoxy) is 4. The molecule has 0 aliphatic carbocycles. The van der Waals surface area contributed by atoms with Gasteiger partial charge in [0.25, 0.3) is 0 Å². The predicted octanol–water partition coefficient (Wildman–Crippen LogP) is -0.379. The van der Waals surface area contributed by atoms with Crippen LogP contribution < -0.4 is 0 Å². The Balaban J connectivity index is 2.26. The van der Waals surface area contributed by atoms with Crippen LogP contribution in [0.3, 0.4) is 0 Å². The van der Waals surface area contributed by atoms with Gasteiger partial charge in [0, 0.05) is 7.11 Å². The highest BCUT2D eigenvalue weighted by Crippen LogP contribution is 2.44. The molecule has 0 bridgehead atoms. The van der Waals surface area contributed by atoms with Crippen molar-refractivity contribution in [3.05, 3.63) is 0 Å². The second-order valence-corrected chi connectivity index (χ2v) is 5.03. The van der Waals surface area contributed by atoms with Crippen LogP contribution in [0.1, 0.15) is 20.8 Å². The summed E-state index contributed by atoms with van der Waals surface area (Å²) < 4.78 is 22.2. The molecule has 5 atom stereocenters. The van der Waals surface area contributed by atoms with E-state index in [2.05, 4.69) is 0 Å². The van der Waals surface area contributed by atoms with E-state index in [0.717, 1.165) is 0 Å². The van der Waals surface area contributed by atoms with E-state index >= 15 is 0 Å². The lowest BCUT2D eigenvalue weighted by molar-refractivity contribution is -0.266. The van der Waals surface area contributed by atoms with Crippen molar-refractivity contribution in [3.63, 3.8) is 0 Å². The molecule has 0 spiro atoms. The van der Waals surface area contributed by atoms with Gasteiger partial charge in [-0.05, 0) is 20.8 Å². The number of hydrogen-bond acceptors (Lipinski definition) is 6. The fraction of sp³-hybridized carbons (Fsp3) is 1.00. The van der Waals surface area contributed by atoms with Gasteiger partial charge in [-0.2, -0.15) is 0 Å². The number of methoxy groups -OCH3 is 1. The lowest BCUT2D eigenvalue weighted by Crippen LogP contribution is -2.55. The van der Waals surface area contributed by atoms with Gasteiger partial charge >= 0.3 is 0 Å². The molecule has 0 aromatic rings. The quantitative estimate of drug-likeness (QED) is 0.709. The third-order valence-corrected chi connectivity index (χ3v) is 3.41. The molecule has 6 heteroatoms. The molecule has 2 saturated heterocycles. The largest absolute Gasteiger partial charge is 0.393 e. The Bertz CT molecular complexity index is 292. The highest BCUT2D eigenvalue weighted by Gasteiger charge is 2.63. The Morgan fingerprint density at radius 3 is 2.41 bits per heavy atom. The highest BCUT2D eigenvalue weighted by atomic mass is 16.8. The van der Waals surface area contributed by atoms with Crippen molar-refractivity contribution in [2.45, 2.75) is 56.8 Å². The minimum Gasteiger partial charge on any atom is -0.393 e. The predicted molar refractivity (Wildman–Crippen MR) is 57.2 cm³/mol. The first kappa shape index (κ1) is 13.2. The minimum atomic E-state index is -1.19. The van der Waals surface area contributed by atoms with Crippen LogP contribution in [0.15, 0.2) is 0 Å². The number of fused-ring (bicyclic) bond motifs is 1. The van der Waals surface area contributed by atoms with Crippen LogP contribution in [-0.2, 0) is 18.9 Å². The number of aliphatic hydroxyl groups is 2. The Labute approximate surface area is 100 Å². The van der Waals surface area contributed by atoms with E-state index in [-0.39, 0.29) is 6.61 Å². The molecule has 2 heterocycles. The Hall–Kier alpha value is -0.240. The SMILES string of the molecule is CO[C@H]1[C@H]2OC(C)(C)O[C@H]2O[C@]1(CO)[C@H](C)O. The van der Waals surface area contributed by atoms with Crippen LogP contribution in [0, 0.1) is 0 Å². The molecule has 6 nitrogen and oxygen atoms in total. The van der Waals surface area contributed by atoms with Gasteiger partial charge in [-0.15, -0.1) is 0 Å². The zero-order valence-electron chi connectivity index (χ0n) is 10.5. The summed E-state index contributed by atoms with van der Waals surface area (Å²) in [5.74, 6) is -0.744. The van der Waals surface area contributed by atoms with Gasteiger partial charge in [-0.1, -0.05) is 0 Å². The van der Waals surface area contributed by atoms with Crippen molar-refractivity contribution >= 4 is 0 Å². The molecule has 0 amide bonds. The minimum absolute atomic E-state index is 0.358. The Kier molecular flexibility index (Phi) is 3.22. The van der Waals surface area contributed by atoms with Gasteiger partial charge in [-0.25, -0.2) is 0 Å². The molecule has 17 heavy (non-hydrogen) atoms. The molecule has 0 aromatic heterocycles. The normalized spacial score (nSPS) is 45.9. The van der Waals surface area contributed by atoms with Gasteiger partial charge in [0.1, 0.15) is 17.8 Å². The third kappa shape index (κ3) is 1.89. The van der Waals surface area contributed by atoms with Crippen molar-refractivity contribution < 1.29 is 29.2 Å². The molecule has 2 rings (SSSR count). The monoisotopic (exact) mass is 248 g/mol. The molecule has 0 aromatic carbocycles. The average molecular weight is 248 g/mol. The Morgan fingerprint density at radius 1 is 1.29 bits per heavy atom. The molecule has 2 aliphatic rings. The lowest BCUT2D eigenvalue weighted by Gasteiger charge is -2.36. The third-order valence-electron chi connectivity index (χ3n) is 3.41. The van der Waals surface area contributed by atoms with E-state index in [4.69, 9.17) is 18.9 Å². The summed E-state index contributed by atoms with van der Waals surface area (Å²) in [7, 11) is 1.50. The average Bonchev–Trinajstić information content (AvgIpc) is 2.66. The van der Waals surface area contributed by atoms with Crippen molar-refractivity contribution in [1.29, 1.82) is 0 Å². The van der Waals surface area contributed by atoms with E-state index in [9.17, 15) is 10.2 Å². The molecule has 2 fully saturated rings. The smallest absolute Gasteiger partial charge is 0.190 e. The van der Waals surface area contributed by atoms with Crippen LogP contribution in [0.2, 0.25) is 0 Å². The Morgan fingerprint density at radius 2 is 1.94 bits per heavy atom. The summed E-state index contributed by atoms with van der Waals surface area (Å²) in [6.45, 7) is 4.76. The molecular formula is C11H20O6. The molecular weight excluding hydrogens is 228 g/mol. The van der Waals surface area contributed by atoms with Crippen LogP contribution in [-0.4, -0.2) is 59.9 Å². The first-order chi connectivity index (χ1) is 7.86. The maximum atomic E-state index is 9.81. The van der Waals surface area contributed by atoms with E-state index in [0.29, 0.717) is 0 Å². The maximum Gasteiger partial charge on any atom is 0.190 e. The van der Waals surface area contributed by atoms with E-state index in [1.807, 2.05) is 0 Å². The first-order valence-electron chi connectivity index (χ1n) is 5.71. The topological polar surface area (TPSA) is 77.4 Å². The zero-order chi connectivity index (χ0) is 12.8. The summed E-state index contributed by atoms with van der Waals surface area (Å²) in [6, 6.07) is 0. The first-order valence-corrected chi connectivity index (χ1v) is 5.71. The van der Waals surface area contributed by atoms with Crippen LogP contribution in [0.25, 0.3) is 0 Å². The molecule has 0 unspecified atom stereocenters. The van der Waals surface area contributed by atoms with Gasteiger partial charge in [0.15, 0.2) is 12.1 Å². The zero-order valence-corrected chi connectivity index (χ0v) is 10.5. The lowest BCUT2D eigenvalue weighted by atomic mass is 9.91. The molecule has 2 N–H and O–H groups in total. The van der Waals surface area contributed by atoms with Gasteiger partial charge in [-0.3, -0.25) is 0 Å². The van der Waals surface area contributed by atoms with Crippen molar-refractivity contribution in [2.75, 3.05) is 13.7 Å². The van der Waals surface area contributed by atoms with E-state index in [1.54, 1.807) is 20.8 Å². The van der Waals surface area contributed by atoms with E-state index in [1.165, 1.54) is 7.11 Å². The summed E-state index contributed by atoms with van der Waals surface area (Å²) in [5, 5.41) is 19.3. The molecule has 0 radical (unpaired) electrons. The van der Waals surface area contributed by atoms with Gasteiger partial charge in [0.05, 0.1) is 12.7 Å².